The topological polar surface area (TPSA) is 24.4 Å². The van der Waals surface area contributed by atoms with Gasteiger partial charge in [-0.05, 0) is 40.3 Å². The fourth-order valence-corrected chi connectivity index (χ4v) is 1.05. The molecule has 76 valence electrons. The molecule has 0 atom stereocenters. The lowest BCUT2D eigenvalue weighted by atomic mass is 10.2. The van der Waals surface area contributed by atoms with Crippen LogP contribution in [-0.2, 0) is 0 Å². The highest BCUT2D eigenvalue weighted by Gasteiger charge is 1.96. The number of hydrogen-bond donors (Lipinski definition) is 1. The van der Waals surface area contributed by atoms with Crippen LogP contribution in [0, 0.1) is 0 Å². The number of aliphatic imine (C=N–C) groups is 1. The van der Waals surface area contributed by atoms with Gasteiger partial charge >= 0.3 is 0 Å². The first-order chi connectivity index (χ1) is 6.06. The third-order valence-electron chi connectivity index (χ3n) is 1.44. The van der Waals surface area contributed by atoms with Gasteiger partial charge < -0.3 is 5.32 Å². The Morgan fingerprint density at radius 2 is 2.00 bits per heavy atom. The van der Waals surface area contributed by atoms with Crippen LogP contribution in [0.5, 0.6) is 0 Å². The Bertz CT molecular complexity index is 186. The minimum Gasteiger partial charge on any atom is -0.311 e. The summed E-state index contributed by atoms with van der Waals surface area (Å²) in [4.78, 5) is 4.53. The maximum atomic E-state index is 4.53. The third-order valence-corrected chi connectivity index (χ3v) is 1.44. The van der Waals surface area contributed by atoms with Crippen LogP contribution in [0.2, 0.25) is 0 Å². The van der Waals surface area contributed by atoms with Crippen molar-refractivity contribution in [2.75, 3.05) is 13.1 Å². The van der Waals surface area contributed by atoms with E-state index < -0.39 is 0 Å². The minimum absolute atomic E-state index is 0.379. The number of nitrogens with one attached hydrogen (secondary N) is 1. The second kappa shape index (κ2) is 6.84. The largest absolute Gasteiger partial charge is 0.311 e. The monoisotopic (exact) mass is 182 g/mol. The summed E-state index contributed by atoms with van der Waals surface area (Å²) in [6.07, 6.45) is 2.14. The maximum absolute atomic E-state index is 4.53. The summed E-state index contributed by atoms with van der Waals surface area (Å²) in [6.45, 7) is 12.4. The van der Waals surface area contributed by atoms with Gasteiger partial charge in [-0.15, -0.1) is 0 Å². The Morgan fingerprint density at radius 1 is 1.38 bits per heavy atom. The first-order valence-electron chi connectivity index (χ1n) is 4.98. The highest BCUT2D eigenvalue weighted by Crippen LogP contribution is 1.95. The summed E-state index contributed by atoms with van der Waals surface area (Å²) < 4.78 is 0. The van der Waals surface area contributed by atoms with E-state index in [1.807, 2.05) is 0 Å². The molecule has 2 heteroatoms. The Hall–Kier alpha value is -0.630. The van der Waals surface area contributed by atoms with Crippen LogP contribution >= 0.6 is 0 Å². The number of rotatable bonds is 5. The highest BCUT2D eigenvalue weighted by molar-refractivity contribution is 5.97. The van der Waals surface area contributed by atoms with E-state index >= 15 is 0 Å². The van der Waals surface area contributed by atoms with Crippen LogP contribution in [0.3, 0.4) is 0 Å². The molecule has 0 amide bonds. The van der Waals surface area contributed by atoms with Gasteiger partial charge in [0.25, 0.3) is 0 Å². The van der Waals surface area contributed by atoms with Crippen LogP contribution in [0.4, 0.5) is 0 Å². The molecule has 0 heterocycles. The Balaban J connectivity index is 4.28. The van der Waals surface area contributed by atoms with E-state index in [4.69, 9.17) is 0 Å². The molecule has 0 unspecified atom stereocenters. The number of allylic oxidation sites excluding steroid dienone is 1. The van der Waals surface area contributed by atoms with Crippen LogP contribution < -0.4 is 5.32 Å². The summed E-state index contributed by atoms with van der Waals surface area (Å²) in [5.74, 6) is 0. The molecule has 0 aliphatic heterocycles. The normalized spacial score (nSPS) is 12.0. The van der Waals surface area contributed by atoms with Crippen molar-refractivity contribution in [1.29, 1.82) is 0 Å². The third kappa shape index (κ3) is 7.72. The van der Waals surface area contributed by atoms with Crippen molar-refractivity contribution in [1.82, 2.24) is 5.32 Å². The summed E-state index contributed by atoms with van der Waals surface area (Å²) in [6, 6.07) is 0.379. The van der Waals surface area contributed by atoms with Gasteiger partial charge in [0.1, 0.15) is 0 Å². The quantitative estimate of drug-likeness (QED) is 0.649. The zero-order valence-corrected chi connectivity index (χ0v) is 9.52. The lowest BCUT2D eigenvalue weighted by Crippen LogP contribution is -2.22. The molecule has 0 saturated carbocycles. The predicted octanol–water partition coefficient (Wildman–Crippen LogP) is 2.41. The van der Waals surface area contributed by atoms with Crippen LogP contribution in [-0.4, -0.2) is 24.8 Å². The van der Waals surface area contributed by atoms with E-state index in [0.717, 1.165) is 18.8 Å². The molecule has 0 radical (unpaired) electrons. The molecule has 0 bridgehead atoms. The van der Waals surface area contributed by atoms with E-state index in [1.54, 1.807) is 0 Å². The average Bonchev–Trinajstić information content (AvgIpc) is 1.98. The first-order valence-corrected chi connectivity index (χ1v) is 4.98. The SMILES string of the molecule is CCNCC(C=C(C)C)=NC(C)C. The van der Waals surface area contributed by atoms with Crippen molar-refractivity contribution in [2.24, 2.45) is 4.99 Å². The van der Waals surface area contributed by atoms with Gasteiger partial charge in [-0.3, -0.25) is 4.99 Å². The van der Waals surface area contributed by atoms with Crippen LogP contribution in [0.1, 0.15) is 34.6 Å². The molecule has 0 aromatic carbocycles. The van der Waals surface area contributed by atoms with E-state index in [1.165, 1.54) is 5.57 Å². The molecular formula is C11H22N2. The van der Waals surface area contributed by atoms with Gasteiger partial charge in [-0.2, -0.15) is 0 Å². The van der Waals surface area contributed by atoms with Crippen LogP contribution in [0.15, 0.2) is 16.6 Å². The fourth-order valence-electron chi connectivity index (χ4n) is 1.05. The lowest BCUT2D eigenvalue weighted by Gasteiger charge is -2.05. The van der Waals surface area contributed by atoms with E-state index in [0.29, 0.717) is 6.04 Å². The van der Waals surface area contributed by atoms with Crippen LogP contribution in [0.25, 0.3) is 0 Å². The zero-order chi connectivity index (χ0) is 10.3. The second-order valence-electron chi connectivity index (χ2n) is 3.72. The van der Waals surface area contributed by atoms with E-state index in [-0.39, 0.29) is 0 Å². The van der Waals surface area contributed by atoms with Crippen molar-refractivity contribution in [3.05, 3.63) is 11.6 Å². The maximum Gasteiger partial charge on any atom is 0.0488 e. The predicted molar refractivity (Wildman–Crippen MR) is 60.5 cm³/mol. The smallest absolute Gasteiger partial charge is 0.0488 e. The van der Waals surface area contributed by atoms with Crippen molar-refractivity contribution in [3.63, 3.8) is 0 Å². The molecule has 0 saturated heterocycles. The summed E-state index contributed by atoms with van der Waals surface area (Å²) in [7, 11) is 0. The Kier molecular flexibility index (Phi) is 6.51. The summed E-state index contributed by atoms with van der Waals surface area (Å²) >= 11 is 0. The zero-order valence-electron chi connectivity index (χ0n) is 9.52. The fraction of sp³-hybridized carbons (Fsp3) is 0.727. The summed E-state index contributed by atoms with van der Waals surface area (Å²) in [5, 5.41) is 3.28. The van der Waals surface area contributed by atoms with E-state index in [2.05, 4.69) is 51.0 Å². The van der Waals surface area contributed by atoms with Gasteiger partial charge in [0.05, 0.1) is 0 Å². The summed E-state index contributed by atoms with van der Waals surface area (Å²) in [5.41, 5.74) is 2.45. The average molecular weight is 182 g/mol. The number of hydrogen-bond acceptors (Lipinski definition) is 2. The first kappa shape index (κ1) is 12.4. The van der Waals surface area contributed by atoms with Gasteiger partial charge in [0.15, 0.2) is 0 Å². The molecule has 13 heavy (non-hydrogen) atoms. The van der Waals surface area contributed by atoms with Gasteiger partial charge in [0, 0.05) is 18.3 Å². The number of nitrogens with zero attached hydrogens (tertiary/aromatic N) is 1. The van der Waals surface area contributed by atoms with Gasteiger partial charge in [0.2, 0.25) is 0 Å². The molecule has 2 nitrogen and oxygen atoms in total. The molecule has 0 aliphatic rings. The highest BCUT2D eigenvalue weighted by atomic mass is 14.9. The molecule has 0 aliphatic carbocycles. The van der Waals surface area contributed by atoms with Crippen molar-refractivity contribution in [2.45, 2.75) is 40.7 Å². The Morgan fingerprint density at radius 3 is 2.38 bits per heavy atom. The standard InChI is InChI=1S/C11H22N2/c1-6-12-8-11(7-9(2)3)13-10(4)5/h7,10,12H,6,8H2,1-5H3. The minimum atomic E-state index is 0.379. The molecular weight excluding hydrogens is 160 g/mol. The second-order valence-corrected chi connectivity index (χ2v) is 3.72. The molecule has 0 rings (SSSR count). The van der Waals surface area contributed by atoms with Gasteiger partial charge in [-0.25, -0.2) is 0 Å². The van der Waals surface area contributed by atoms with Crippen molar-refractivity contribution < 1.29 is 0 Å². The van der Waals surface area contributed by atoms with E-state index in [9.17, 15) is 0 Å². The molecule has 0 spiro atoms. The Labute approximate surface area is 82.1 Å². The van der Waals surface area contributed by atoms with Crippen molar-refractivity contribution in [3.8, 4) is 0 Å². The molecule has 1 N–H and O–H groups in total. The molecule has 0 fully saturated rings. The molecule has 0 aromatic rings. The van der Waals surface area contributed by atoms with Crippen molar-refractivity contribution >= 4 is 5.71 Å². The molecule has 0 aromatic heterocycles. The lowest BCUT2D eigenvalue weighted by molar-refractivity contribution is 0.793. The van der Waals surface area contributed by atoms with Gasteiger partial charge in [-0.1, -0.05) is 12.5 Å².